The molecule has 0 spiro atoms. The summed E-state index contributed by atoms with van der Waals surface area (Å²) in [6.07, 6.45) is 1.68. The first kappa shape index (κ1) is 19.0. The third-order valence-electron chi connectivity index (χ3n) is 4.70. The lowest BCUT2D eigenvalue weighted by Crippen LogP contribution is -2.35. The van der Waals surface area contributed by atoms with Crippen LogP contribution in [0.4, 0.5) is 17.3 Å². The molecule has 4 rings (SSSR count). The molecule has 0 radical (unpaired) electrons. The summed E-state index contributed by atoms with van der Waals surface area (Å²) in [5.74, 6) is 0.390. The van der Waals surface area contributed by atoms with Gasteiger partial charge in [0, 0.05) is 49.2 Å². The van der Waals surface area contributed by atoms with Gasteiger partial charge >= 0.3 is 0 Å². The molecule has 1 fully saturated rings. The number of morpholine rings is 1. The largest absolute Gasteiger partial charge is 0.379 e. The summed E-state index contributed by atoms with van der Waals surface area (Å²) in [4.78, 5) is 21.7. The molecule has 148 valence electrons. The predicted molar refractivity (Wildman–Crippen MR) is 110 cm³/mol. The molecule has 8 nitrogen and oxygen atoms in total. The number of benzene rings is 2. The first-order valence-corrected chi connectivity index (χ1v) is 9.41. The molecule has 1 N–H and O–H groups in total. The maximum atomic E-state index is 11.0. The Morgan fingerprint density at radius 3 is 2.76 bits per heavy atom. The van der Waals surface area contributed by atoms with E-state index in [1.54, 1.807) is 18.3 Å². The van der Waals surface area contributed by atoms with Gasteiger partial charge in [-0.1, -0.05) is 24.3 Å². The number of nitrogens with one attached hydrogen (secondary N) is 1. The van der Waals surface area contributed by atoms with Gasteiger partial charge in [0.2, 0.25) is 5.95 Å². The van der Waals surface area contributed by atoms with Gasteiger partial charge in [-0.15, -0.1) is 0 Å². The highest BCUT2D eigenvalue weighted by Crippen LogP contribution is 2.23. The van der Waals surface area contributed by atoms with E-state index in [0.29, 0.717) is 11.6 Å². The molecule has 3 aromatic rings. The molecule has 8 heteroatoms. The van der Waals surface area contributed by atoms with Crippen molar-refractivity contribution >= 4 is 17.3 Å². The highest BCUT2D eigenvalue weighted by atomic mass is 16.6. The van der Waals surface area contributed by atoms with Gasteiger partial charge in [-0.05, 0) is 23.8 Å². The SMILES string of the molecule is O=[N+]([O-])c1cccc(Nc2nccc(-c3cccc(CN4CCOCC4)c3)n2)c1. The number of nitro groups is 1. The molecule has 2 heterocycles. The number of non-ortho nitro benzene ring substituents is 1. The summed E-state index contributed by atoms with van der Waals surface area (Å²) in [6.45, 7) is 4.31. The lowest BCUT2D eigenvalue weighted by Gasteiger charge is -2.26. The van der Waals surface area contributed by atoms with Crippen molar-refractivity contribution in [1.82, 2.24) is 14.9 Å². The van der Waals surface area contributed by atoms with Crippen molar-refractivity contribution < 1.29 is 9.66 Å². The summed E-state index contributed by atoms with van der Waals surface area (Å²) in [7, 11) is 0. The molecule has 0 unspecified atom stereocenters. The first-order valence-electron chi connectivity index (χ1n) is 9.41. The first-order chi connectivity index (χ1) is 14.2. The summed E-state index contributed by atoms with van der Waals surface area (Å²) < 4.78 is 5.41. The van der Waals surface area contributed by atoms with E-state index in [2.05, 4.69) is 32.3 Å². The number of nitrogens with zero attached hydrogens (tertiary/aromatic N) is 4. The maximum absolute atomic E-state index is 11.0. The van der Waals surface area contributed by atoms with Crippen LogP contribution in [0.25, 0.3) is 11.3 Å². The average Bonchev–Trinajstić information content (AvgIpc) is 2.75. The summed E-state index contributed by atoms with van der Waals surface area (Å²) in [5, 5.41) is 14.0. The normalized spacial score (nSPS) is 14.5. The lowest BCUT2D eigenvalue weighted by molar-refractivity contribution is -0.384. The Morgan fingerprint density at radius 1 is 1.10 bits per heavy atom. The fourth-order valence-corrected chi connectivity index (χ4v) is 3.25. The van der Waals surface area contributed by atoms with Crippen LogP contribution >= 0.6 is 0 Å². The second-order valence-corrected chi connectivity index (χ2v) is 6.79. The van der Waals surface area contributed by atoms with Crippen LogP contribution in [0.1, 0.15) is 5.56 Å². The van der Waals surface area contributed by atoms with Gasteiger partial charge in [0.25, 0.3) is 5.69 Å². The van der Waals surface area contributed by atoms with Crippen molar-refractivity contribution in [3.05, 3.63) is 76.5 Å². The zero-order valence-corrected chi connectivity index (χ0v) is 15.8. The third kappa shape index (κ3) is 4.92. The Hall–Kier alpha value is -3.36. The number of nitro benzene ring substituents is 1. The van der Waals surface area contributed by atoms with Crippen LogP contribution in [0, 0.1) is 10.1 Å². The lowest BCUT2D eigenvalue weighted by atomic mass is 10.1. The minimum atomic E-state index is -0.428. The van der Waals surface area contributed by atoms with Crippen molar-refractivity contribution in [3.63, 3.8) is 0 Å². The molecule has 1 aliphatic rings. The Balaban J connectivity index is 1.52. The number of ether oxygens (including phenoxy) is 1. The zero-order valence-electron chi connectivity index (χ0n) is 15.8. The van der Waals surface area contributed by atoms with Crippen molar-refractivity contribution in [1.29, 1.82) is 0 Å². The van der Waals surface area contributed by atoms with Gasteiger partial charge in [-0.25, -0.2) is 9.97 Å². The number of anilines is 2. The zero-order chi connectivity index (χ0) is 20.1. The molecule has 0 bridgehead atoms. The Labute approximate surface area is 168 Å². The highest BCUT2D eigenvalue weighted by molar-refractivity contribution is 5.63. The van der Waals surface area contributed by atoms with E-state index in [1.807, 2.05) is 18.2 Å². The molecule has 0 amide bonds. The molecule has 0 saturated carbocycles. The van der Waals surface area contributed by atoms with E-state index in [1.165, 1.54) is 17.7 Å². The summed E-state index contributed by atoms with van der Waals surface area (Å²) >= 11 is 0. The van der Waals surface area contributed by atoms with E-state index in [0.717, 1.165) is 44.1 Å². The number of rotatable bonds is 6. The van der Waals surface area contributed by atoms with Gasteiger partial charge in [-0.3, -0.25) is 15.0 Å². The second kappa shape index (κ2) is 8.76. The highest BCUT2D eigenvalue weighted by Gasteiger charge is 2.12. The van der Waals surface area contributed by atoms with Crippen molar-refractivity contribution in [3.8, 4) is 11.3 Å². The number of aromatic nitrogens is 2. The molecule has 1 aliphatic heterocycles. The van der Waals surface area contributed by atoms with Crippen molar-refractivity contribution in [2.45, 2.75) is 6.54 Å². The molecule has 1 saturated heterocycles. The topological polar surface area (TPSA) is 93.4 Å². The van der Waals surface area contributed by atoms with Gasteiger partial charge < -0.3 is 10.1 Å². The van der Waals surface area contributed by atoms with Crippen LogP contribution in [0.5, 0.6) is 0 Å². The fourth-order valence-electron chi connectivity index (χ4n) is 3.25. The van der Waals surface area contributed by atoms with Crippen LogP contribution in [-0.4, -0.2) is 46.1 Å². The minimum absolute atomic E-state index is 0.0157. The van der Waals surface area contributed by atoms with Crippen LogP contribution in [-0.2, 0) is 11.3 Å². The minimum Gasteiger partial charge on any atom is -0.379 e. The van der Waals surface area contributed by atoms with Gasteiger partial charge in [0.1, 0.15) is 0 Å². The molecule has 1 aromatic heterocycles. The van der Waals surface area contributed by atoms with Crippen LogP contribution in [0.15, 0.2) is 60.8 Å². The molecule has 2 aromatic carbocycles. The van der Waals surface area contributed by atoms with E-state index in [-0.39, 0.29) is 5.69 Å². The maximum Gasteiger partial charge on any atom is 0.271 e. The Bertz CT molecular complexity index is 1000. The smallest absolute Gasteiger partial charge is 0.271 e. The molecular formula is C21H21N5O3. The van der Waals surface area contributed by atoms with Crippen molar-refractivity contribution in [2.75, 3.05) is 31.6 Å². The van der Waals surface area contributed by atoms with E-state index in [4.69, 9.17) is 4.74 Å². The summed E-state index contributed by atoms with van der Waals surface area (Å²) in [5.41, 5.74) is 3.59. The molecular weight excluding hydrogens is 370 g/mol. The third-order valence-corrected chi connectivity index (χ3v) is 4.70. The van der Waals surface area contributed by atoms with Gasteiger partial charge in [-0.2, -0.15) is 0 Å². The Kier molecular flexibility index (Phi) is 5.73. The van der Waals surface area contributed by atoms with E-state index >= 15 is 0 Å². The monoisotopic (exact) mass is 391 g/mol. The number of hydrogen-bond acceptors (Lipinski definition) is 7. The molecule has 0 aliphatic carbocycles. The van der Waals surface area contributed by atoms with Crippen LogP contribution in [0.2, 0.25) is 0 Å². The van der Waals surface area contributed by atoms with Gasteiger partial charge in [0.05, 0.1) is 23.8 Å². The summed E-state index contributed by atoms with van der Waals surface area (Å²) in [6, 6.07) is 16.4. The van der Waals surface area contributed by atoms with E-state index < -0.39 is 4.92 Å². The van der Waals surface area contributed by atoms with Gasteiger partial charge in [0.15, 0.2) is 0 Å². The van der Waals surface area contributed by atoms with Crippen LogP contribution < -0.4 is 5.32 Å². The average molecular weight is 391 g/mol. The Morgan fingerprint density at radius 2 is 1.93 bits per heavy atom. The molecule has 29 heavy (non-hydrogen) atoms. The predicted octanol–water partition coefficient (Wildman–Crippen LogP) is 3.63. The van der Waals surface area contributed by atoms with Crippen LogP contribution in [0.3, 0.4) is 0 Å². The standard InChI is InChI=1S/C21H21N5O3/c27-26(28)19-6-2-5-18(14-19)23-21-22-8-7-20(24-21)17-4-1-3-16(13-17)15-25-9-11-29-12-10-25/h1-8,13-14H,9-12,15H2,(H,22,23,24). The quantitative estimate of drug-likeness (QED) is 0.506. The van der Waals surface area contributed by atoms with Crippen molar-refractivity contribution in [2.24, 2.45) is 0 Å². The van der Waals surface area contributed by atoms with E-state index in [9.17, 15) is 10.1 Å². The molecule has 0 atom stereocenters. The fraction of sp³-hybridized carbons (Fsp3) is 0.238. The second-order valence-electron chi connectivity index (χ2n) is 6.79. The number of hydrogen-bond donors (Lipinski definition) is 1.